The highest BCUT2D eigenvalue weighted by Crippen LogP contribution is 2.19. The Morgan fingerprint density at radius 1 is 1.23 bits per heavy atom. The van der Waals surface area contributed by atoms with Crippen LogP contribution in [0.2, 0.25) is 0 Å². The van der Waals surface area contributed by atoms with Gasteiger partial charge in [0.1, 0.15) is 11.6 Å². The van der Waals surface area contributed by atoms with Gasteiger partial charge in [0.05, 0.1) is 0 Å². The van der Waals surface area contributed by atoms with E-state index in [1.807, 2.05) is 57.1 Å². The van der Waals surface area contributed by atoms with Gasteiger partial charge in [-0.1, -0.05) is 6.92 Å². The van der Waals surface area contributed by atoms with Crippen LogP contribution in [-0.4, -0.2) is 37.1 Å². The third-order valence-electron chi connectivity index (χ3n) is 4.70. The summed E-state index contributed by atoms with van der Waals surface area (Å²) in [6.45, 7) is 6.42. The number of rotatable bonds is 8. The molecule has 158 valence electrons. The molecule has 30 heavy (non-hydrogen) atoms. The number of amides is 1. The quantitative estimate of drug-likeness (QED) is 0.409. The fourth-order valence-electron chi connectivity index (χ4n) is 3.08. The maximum Gasteiger partial charge on any atom is 0.349 e. The highest BCUT2D eigenvalue weighted by Gasteiger charge is 2.15. The third kappa shape index (κ3) is 5.74. The molecule has 0 aliphatic carbocycles. The summed E-state index contributed by atoms with van der Waals surface area (Å²) in [4.78, 5) is 26.3. The van der Waals surface area contributed by atoms with E-state index in [1.165, 1.54) is 6.08 Å². The number of nitriles is 1. The van der Waals surface area contributed by atoms with Crippen molar-refractivity contribution in [2.24, 2.45) is 0 Å². The normalized spacial score (nSPS) is 11.0. The van der Waals surface area contributed by atoms with Crippen molar-refractivity contribution in [3.8, 4) is 6.07 Å². The number of carbonyl (C=O) groups is 2. The van der Waals surface area contributed by atoms with Crippen LogP contribution in [0.4, 0.5) is 11.4 Å². The van der Waals surface area contributed by atoms with E-state index in [-0.39, 0.29) is 5.57 Å². The van der Waals surface area contributed by atoms with Crippen LogP contribution in [0.1, 0.15) is 30.3 Å². The van der Waals surface area contributed by atoms with Crippen LogP contribution >= 0.6 is 0 Å². The van der Waals surface area contributed by atoms with Gasteiger partial charge in [-0.25, -0.2) is 4.79 Å². The molecule has 0 atom stereocenters. The average Bonchev–Trinajstić information content (AvgIpc) is 2.98. The maximum absolute atomic E-state index is 12.3. The molecule has 2 rings (SSSR count). The van der Waals surface area contributed by atoms with Gasteiger partial charge in [0.2, 0.25) is 0 Å². The second kappa shape index (κ2) is 10.3. The minimum Gasteiger partial charge on any atom is -0.451 e. The number of ether oxygens (including phenoxy) is 1. The lowest BCUT2D eigenvalue weighted by Gasteiger charge is -2.13. The van der Waals surface area contributed by atoms with Crippen molar-refractivity contribution in [3.63, 3.8) is 0 Å². The van der Waals surface area contributed by atoms with E-state index >= 15 is 0 Å². The number of hydrogen-bond acceptors (Lipinski definition) is 5. The van der Waals surface area contributed by atoms with Gasteiger partial charge < -0.3 is 19.5 Å². The Balaban J connectivity index is 2.00. The Morgan fingerprint density at radius 3 is 2.47 bits per heavy atom. The average molecular weight is 409 g/mol. The molecule has 2 aromatic rings. The van der Waals surface area contributed by atoms with E-state index in [0.29, 0.717) is 5.69 Å². The number of esters is 1. The van der Waals surface area contributed by atoms with Crippen molar-refractivity contribution in [1.29, 1.82) is 5.26 Å². The monoisotopic (exact) mass is 408 g/mol. The fourth-order valence-corrected chi connectivity index (χ4v) is 3.08. The molecule has 0 aliphatic rings. The molecule has 0 saturated carbocycles. The number of anilines is 2. The predicted molar refractivity (Wildman–Crippen MR) is 118 cm³/mol. The standard InChI is InChI=1S/C23H28N4O3/c1-6-11-27-16(2)12-18(17(27)3)13-19(14-24)23(29)30-15-22(28)25-20-7-9-21(10-8-20)26(4)5/h7-10,12-13H,6,11,15H2,1-5H3,(H,25,28)/b19-13+. The van der Waals surface area contributed by atoms with Crippen molar-refractivity contribution >= 4 is 29.3 Å². The molecule has 0 aliphatic heterocycles. The van der Waals surface area contributed by atoms with Crippen molar-refractivity contribution in [2.45, 2.75) is 33.7 Å². The van der Waals surface area contributed by atoms with E-state index in [4.69, 9.17) is 4.74 Å². The largest absolute Gasteiger partial charge is 0.451 e. The first-order chi connectivity index (χ1) is 14.3. The third-order valence-corrected chi connectivity index (χ3v) is 4.70. The van der Waals surface area contributed by atoms with Gasteiger partial charge in [0.15, 0.2) is 6.61 Å². The molecule has 0 saturated heterocycles. The molecule has 1 amide bonds. The molecule has 1 heterocycles. The highest BCUT2D eigenvalue weighted by molar-refractivity contribution is 6.00. The van der Waals surface area contributed by atoms with Crippen LogP contribution in [0.25, 0.3) is 6.08 Å². The van der Waals surface area contributed by atoms with Gasteiger partial charge in [-0.15, -0.1) is 0 Å². The first-order valence-corrected chi connectivity index (χ1v) is 9.79. The molecule has 1 aromatic carbocycles. The highest BCUT2D eigenvalue weighted by atomic mass is 16.5. The van der Waals surface area contributed by atoms with Crippen LogP contribution in [-0.2, 0) is 20.9 Å². The summed E-state index contributed by atoms with van der Waals surface area (Å²) in [5, 5.41) is 12.0. The Labute approximate surface area is 177 Å². The Hall–Kier alpha value is -3.53. The van der Waals surface area contributed by atoms with E-state index in [2.05, 4.69) is 16.8 Å². The van der Waals surface area contributed by atoms with E-state index in [0.717, 1.165) is 35.6 Å². The molecule has 0 bridgehead atoms. The summed E-state index contributed by atoms with van der Waals surface area (Å²) in [7, 11) is 3.85. The molecule has 7 heteroatoms. The van der Waals surface area contributed by atoms with Gasteiger partial charge in [0, 0.05) is 43.4 Å². The van der Waals surface area contributed by atoms with Crippen molar-refractivity contribution in [1.82, 2.24) is 4.57 Å². The topological polar surface area (TPSA) is 87.4 Å². The van der Waals surface area contributed by atoms with Gasteiger partial charge in [-0.2, -0.15) is 5.26 Å². The number of nitrogens with zero attached hydrogens (tertiary/aromatic N) is 3. The summed E-state index contributed by atoms with van der Waals surface area (Å²) in [6, 6.07) is 11.1. The summed E-state index contributed by atoms with van der Waals surface area (Å²) in [5.74, 6) is -1.30. The minimum absolute atomic E-state index is 0.144. The first kappa shape index (κ1) is 22.8. The van der Waals surface area contributed by atoms with Crippen LogP contribution < -0.4 is 10.2 Å². The lowest BCUT2D eigenvalue weighted by Crippen LogP contribution is -2.21. The SMILES string of the molecule is CCCn1c(C)cc(/C=C(\C#N)C(=O)OCC(=O)Nc2ccc(N(C)C)cc2)c1C. The molecule has 1 aromatic heterocycles. The summed E-state index contributed by atoms with van der Waals surface area (Å²) >= 11 is 0. The molecule has 0 spiro atoms. The van der Waals surface area contributed by atoms with E-state index in [1.54, 1.807) is 12.1 Å². The Morgan fingerprint density at radius 2 is 1.90 bits per heavy atom. The molecule has 0 unspecified atom stereocenters. The first-order valence-electron chi connectivity index (χ1n) is 9.79. The lowest BCUT2D eigenvalue weighted by atomic mass is 10.1. The number of benzene rings is 1. The number of carbonyl (C=O) groups excluding carboxylic acids is 2. The van der Waals surface area contributed by atoms with Gasteiger partial charge >= 0.3 is 5.97 Å². The van der Waals surface area contributed by atoms with Crippen molar-refractivity contribution < 1.29 is 14.3 Å². The fraction of sp³-hybridized carbons (Fsp3) is 0.348. The zero-order valence-corrected chi connectivity index (χ0v) is 18.2. The maximum atomic E-state index is 12.3. The summed E-state index contributed by atoms with van der Waals surface area (Å²) in [6.07, 6.45) is 2.49. The summed E-state index contributed by atoms with van der Waals surface area (Å²) < 4.78 is 7.17. The Kier molecular flexibility index (Phi) is 7.82. The lowest BCUT2D eigenvalue weighted by molar-refractivity contribution is -0.142. The predicted octanol–water partition coefficient (Wildman–Crippen LogP) is 3.67. The molecule has 1 N–H and O–H groups in total. The smallest absolute Gasteiger partial charge is 0.349 e. The van der Waals surface area contributed by atoms with Gasteiger partial charge in [-0.3, -0.25) is 4.79 Å². The minimum atomic E-state index is -0.823. The zero-order chi connectivity index (χ0) is 22.3. The molecular weight excluding hydrogens is 380 g/mol. The number of aryl methyl sites for hydroxylation is 1. The van der Waals surface area contributed by atoms with E-state index in [9.17, 15) is 14.9 Å². The van der Waals surface area contributed by atoms with Crippen LogP contribution in [0, 0.1) is 25.2 Å². The molecule has 0 fully saturated rings. The van der Waals surface area contributed by atoms with Gasteiger partial charge in [-0.05, 0) is 62.2 Å². The number of nitrogens with one attached hydrogen (secondary N) is 1. The van der Waals surface area contributed by atoms with Crippen molar-refractivity contribution in [3.05, 3.63) is 52.9 Å². The second-order valence-corrected chi connectivity index (χ2v) is 7.21. The van der Waals surface area contributed by atoms with Gasteiger partial charge in [0.25, 0.3) is 5.91 Å². The number of hydrogen-bond donors (Lipinski definition) is 1. The number of aromatic nitrogens is 1. The Bertz CT molecular complexity index is 979. The zero-order valence-electron chi connectivity index (χ0n) is 18.2. The van der Waals surface area contributed by atoms with Crippen LogP contribution in [0.3, 0.4) is 0 Å². The van der Waals surface area contributed by atoms with Crippen LogP contribution in [0.5, 0.6) is 0 Å². The molecule has 7 nitrogen and oxygen atoms in total. The van der Waals surface area contributed by atoms with Crippen molar-refractivity contribution in [2.75, 3.05) is 30.9 Å². The molecular formula is C23H28N4O3. The summed E-state index contributed by atoms with van der Waals surface area (Å²) in [5.41, 5.74) is 4.29. The van der Waals surface area contributed by atoms with E-state index < -0.39 is 18.5 Å². The second-order valence-electron chi connectivity index (χ2n) is 7.21. The molecule has 0 radical (unpaired) electrons. The van der Waals surface area contributed by atoms with Crippen LogP contribution in [0.15, 0.2) is 35.9 Å².